The number of aliphatic hydroxyl groups is 1. The number of benzene rings is 5. The number of hydrogen-bond acceptors (Lipinski definition) is 9. The van der Waals surface area contributed by atoms with E-state index in [1.165, 1.54) is 12.1 Å². The maximum atomic E-state index is 13.8. The van der Waals surface area contributed by atoms with Crippen LogP contribution in [0.25, 0.3) is 11.1 Å². The van der Waals surface area contributed by atoms with Gasteiger partial charge in [-0.25, -0.2) is 8.42 Å². The van der Waals surface area contributed by atoms with Crippen LogP contribution in [-0.2, 0) is 53.4 Å². The van der Waals surface area contributed by atoms with E-state index in [1.807, 2.05) is 131 Å². The van der Waals surface area contributed by atoms with E-state index in [4.69, 9.17) is 14.2 Å². The Kier molecular flexibility index (Phi) is 14.4. The zero-order valence-corrected chi connectivity index (χ0v) is 36.6. The summed E-state index contributed by atoms with van der Waals surface area (Å²) in [6.07, 6.45) is 1.15. The van der Waals surface area contributed by atoms with Crippen molar-refractivity contribution in [3.8, 4) is 11.1 Å². The van der Waals surface area contributed by atoms with Gasteiger partial charge in [-0.2, -0.15) is 4.72 Å². The second-order valence-electron chi connectivity index (χ2n) is 17.3. The Labute approximate surface area is 365 Å². The molecule has 5 aromatic carbocycles. The molecule has 2 heterocycles. The first kappa shape index (κ1) is 44.8. The van der Waals surface area contributed by atoms with Crippen LogP contribution in [0.2, 0.25) is 0 Å². The second kappa shape index (κ2) is 19.9. The van der Waals surface area contributed by atoms with Crippen molar-refractivity contribution in [1.29, 1.82) is 0 Å². The van der Waals surface area contributed by atoms with Crippen LogP contribution in [-0.4, -0.2) is 67.2 Å². The van der Waals surface area contributed by atoms with E-state index < -0.39 is 33.9 Å². The van der Waals surface area contributed by atoms with Gasteiger partial charge in [-0.1, -0.05) is 109 Å². The molecule has 0 saturated carbocycles. The Morgan fingerprint density at radius 3 is 2.23 bits per heavy atom. The fourth-order valence-corrected chi connectivity index (χ4v) is 9.22. The average molecular weight is 860 g/mol. The summed E-state index contributed by atoms with van der Waals surface area (Å²) in [6.45, 7) is 8.99. The Balaban J connectivity index is 1.07. The van der Waals surface area contributed by atoms with Gasteiger partial charge in [0, 0.05) is 25.1 Å². The largest absolute Gasteiger partial charge is 0.459 e. The standard InChI is InChI=1S/C50H57N3O8S/c1-34-18-24-43(25-19-34)62(57,58)52-44(28-35-11-6-5-7-12-35)47(55)51-31-37-13-8-14-39(27-37)40-15-9-16-41(29-40)49-59-42(30-46(60-49)38-22-20-36(33-54)21-23-38)32-53-26-10-17-45(53)48(56)61-50(2,3)4/h5-9,11-16,18-25,27,29,42,44-46,49,52,54H,10,17,26,28,30-33H2,1-4H3,(H,51,55)/t42-,44-,45+,46+,49+/m1/s1. The van der Waals surface area contributed by atoms with Crippen LogP contribution >= 0.6 is 0 Å². The summed E-state index contributed by atoms with van der Waals surface area (Å²) in [4.78, 5) is 29.3. The van der Waals surface area contributed by atoms with E-state index in [0.29, 0.717) is 13.0 Å². The molecule has 0 aromatic heterocycles. The molecule has 7 rings (SSSR count). The lowest BCUT2D eigenvalue weighted by Crippen LogP contribution is -2.47. The topological polar surface area (TPSA) is 144 Å². The third-order valence-electron chi connectivity index (χ3n) is 11.2. The van der Waals surface area contributed by atoms with Crippen LogP contribution in [0.4, 0.5) is 0 Å². The summed E-state index contributed by atoms with van der Waals surface area (Å²) in [5.41, 5.74) is 6.48. The van der Waals surface area contributed by atoms with Gasteiger partial charge in [0.05, 0.1) is 23.7 Å². The monoisotopic (exact) mass is 859 g/mol. The highest BCUT2D eigenvalue weighted by molar-refractivity contribution is 7.89. The van der Waals surface area contributed by atoms with Crippen LogP contribution in [0.3, 0.4) is 0 Å². The van der Waals surface area contributed by atoms with Gasteiger partial charge in [0.1, 0.15) is 17.7 Å². The number of sulfonamides is 1. The molecule has 0 bridgehead atoms. The normalized spacial score (nSPS) is 20.1. The van der Waals surface area contributed by atoms with E-state index in [9.17, 15) is 23.1 Å². The van der Waals surface area contributed by atoms with Crippen LogP contribution in [0.1, 0.15) is 85.8 Å². The third-order valence-corrected chi connectivity index (χ3v) is 12.7. The molecular formula is C50H57N3O8S. The van der Waals surface area contributed by atoms with E-state index in [-0.39, 0.29) is 48.7 Å². The van der Waals surface area contributed by atoms with Gasteiger partial charge in [0.25, 0.3) is 0 Å². The molecule has 0 aliphatic carbocycles. The minimum atomic E-state index is -3.99. The molecule has 1 amide bonds. The minimum absolute atomic E-state index is 0.0492. The summed E-state index contributed by atoms with van der Waals surface area (Å²) in [7, 11) is -3.99. The zero-order valence-electron chi connectivity index (χ0n) is 35.8. The van der Waals surface area contributed by atoms with Gasteiger partial charge in [-0.3, -0.25) is 14.5 Å². The lowest BCUT2D eigenvalue weighted by atomic mass is 9.98. The molecule has 326 valence electrons. The highest BCUT2D eigenvalue weighted by Crippen LogP contribution is 2.40. The Morgan fingerprint density at radius 2 is 1.52 bits per heavy atom. The van der Waals surface area contributed by atoms with Crippen molar-refractivity contribution in [2.24, 2.45) is 0 Å². The van der Waals surface area contributed by atoms with E-state index >= 15 is 0 Å². The average Bonchev–Trinajstić information content (AvgIpc) is 3.73. The molecule has 0 unspecified atom stereocenters. The van der Waals surface area contributed by atoms with Crippen molar-refractivity contribution in [1.82, 2.24) is 14.9 Å². The number of carbonyl (C=O) groups is 2. The molecule has 0 spiro atoms. The first-order valence-corrected chi connectivity index (χ1v) is 22.8. The number of ether oxygens (including phenoxy) is 3. The number of amides is 1. The second-order valence-corrected chi connectivity index (χ2v) is 19.0. The molecular weight excluding hydrogens is 803 g/mol. The van der Waals surface area contributed by atoms with Gasteiger partial charge >= 0.3 is 5.97 Å². The molecule has 3 N–H and O–H groups in total. The molecule has 2 saturated heterocycles. The lowest BCUT2D eigenvalue weighted by Gasteiger charge is -2.38. The maximum absolute atomic E-state index is 13.8. The van der Waals surface area contributed by atoms with E-state index in [0.717, 1.165) is 63.9 Å². The molecule has 2 aliphatic rings. The summed E-state index contributed by atoms with van der Waals surface area (Å²) >= 11 is 0. The van der Waals surface area contributed by atoms with E-state index in [2.05, 4.69) is 14.9 Å². The van der Waals surface area contributed by atoms with Crippen LogP contribution in [0.15, 0.2) is 132 Å². The van der Waals surface area contributed by atoms with Crippen molar-refractivity contribution in [2.45, 2.75) is 108 Å². The first-order chi connectivity index (χ1) is 29.7. The lowest BCUT2D eigenvalue weighted by molar-refractivity contribution is -0.253. The Hall–Kier alpha value is -5.21. The molecule has 11 nitrogen and oxygen atoms in total. The number of likely N-dealkylation sites (tertiary alicyclic amines) is 1. The highest BCUT2D eigenvalue weighted by Gasteiger charge is 2.39. The molecule has 2 fully saturated rings. The summed E-state index contributed by atoms with van der Waals surface area (Å²) < 4.78 is 48.7. The van der Waals surface area contributed by atoms with Gasteiger partial charge < -0.3 is 24.6 Å². The predicted molar refractivity (Wildman–Crippen MR) is 238 cm³/mol. The van der Waals surface area contributed by atoms with Gasteiger partial charge in [-0.05, 0) is 111 Å². The number of esters is 1. The number of aliphatic hydroxyl groups excluding tert-OH is 1. The summed E-state index contributed by atoms with van der Waals surface area (Å²) in [5, 5.41) is 12.7. The molecule has 5 aromatic rings. The van der Waals surface area contributed by atoms with Crippen LogP contribution < -0.4 is 10.0 Å². The van der Waals surface area contributed by atoms with Crippen molar-refractivity contribution in [3.63, 3.8) is 0 Å². The molecule has 5 atom stereocenters. The number of aryl methyl sites for hydroxylation is 1. The van der Waals surface area contributed by atoms with Crippen molar-refractivity contribution in [3.05, 3.63) is 161 Å². The Bertz CT molecular complexity index is 2400. The van der Waals surface area contributed by atoms with E-state index in [1.54, 1.807) is 12.1 Å². The fraction of sp³-hybridized carbons (Fsp3) is 0.360. The molecule has 12 heteroatoms. The fourth-order valence-electron chi connectivity index (χ4n) is 8.02. The molecule has 0 radical (unpaired) electrons. The van der Waals surface area contributed by atoms with Crippen LogP contribution in [0.5, 0.6) is 0 Å². The van der Waals surface area contributed by atoms with Crippen molar-refractivity contribution in [2.75, 3.05) is 13.1 Å². The maximum Gasteiger partial charge on any atom is 0.323 e. The highest BCUT2D eigenvalue weighted by atomic mass is 32.2. The van der Waals surface area contributed by atoms with Crippen LogP contribution in [0, 0.1) is 6.92 Å². The van der Waals surface area contributed by atoms with Gasteiger partial charge in [-0.15, -0.1) is 0 Å². The quantitative estimate of drug-likeness (QED) is 0.0903. The minimum Gasteiger partial charge on any atom is -0.459 e. The smallest absolute Gasteiger partial charge is 0.323 e. The summed E-state index contributed by atoms with van der Waals surface area (Å²) in [6, 6.07) is 38.1. The van der Waals surface area contributed by atoms with Crippen molar-refractivity contribution < 1.29 is 37.3 Å². The van der Waals surface area contributed by atoms with Crippen molar-refractivity contribution >= 4 is 21.9 Å². The number of carbonyl (C=O) groups excluding carboxylic acids is 2. The number of nitrogens with zero attached hydrogens (tertiary/aromatic N) is 1. The molecule has 62 heavy (non-hydrogen) atoms. The summed E-state index contributed by atoms with van der Waals surface area (Å²) in [5.74, 6) is -0.649. The first-order valence-electron chi connectivity index (χ1n) is 21.3. The number of hydrogen-bond donors (Lipinski definition) is 3. The Morgan fingerprint density at radius 1 is 0.823 bits per heavy atom. The third kappa shape index (κ3) is 11.8. The predicted octanol–water partition coefficient (Wildman–Crippen LogP) is 7.71. The SMILES string of the molecule is Cc1ccc(S(=O)(=O)N[C@H](Cc2ccccc2)C(=O)NCc2cccc(-c3cccc([C@H]4O[C@@H](CN5CCC[C@H]5C(=O)OC(C)(C)C)C[C@@H](c5ccc(CO)cc5)O4)c3)c2)cc1. The zero-order chi connectivity index (χ0) is 43.9. The van der Waals surface area contributed by atoms with Gasteiger partial charge in [0.15, 0.2) is 6.29 Å². The van der Waals surface area contributed by atoms with Gasteiger partial charge in [0.2, 0.25) is 15.9 Å². The number of rotatable bonds is 15. The molecule has 2 aliphatic heterocycles. The number of nitrogens with one attached hydrogen (secondary N) is 2.